The zero-order valence-electron chi connectivity index (χ0n) is 17.0. The molecule has 1 aliphatic heterocycles. The Morgan fingerprint density at radius 1 is 1.04 bits per heavy atom. The Labute approximate surface area is 159 Å². The van der Waals surface area contributed by atoms with Crippen LogP contribution in [0.5, 0.6) is 0 Å². The van der Waals surface area contributed by atoms with Crippen molar-refractivity contribution in [1.82, 2.24) is 10.6 Å². The topological polar surface area (TPSA) is 41.1 Å². The molecular weight excluding hydrogens is 320 g/mol. The molecule has 0 aromatic carbocycles. The van der Waals surface area contributed by atoms with E-state index in [2.05, 4.69) is 31.4 Å². The number of fused-ring (bicyclic) bond motifs is 5. The summed E-state index contributed by atoms with van der Waals surface area (Å²) in [5.41, 5.74) is 0.853. The minimum absolute atomic E-state index is 0.302. The van der Waals surface area contributed by atoms with Gasteiger partial charge in [0.2, 0.25) is 5.91 Å². The van der Waals surface area contributed by atoms with Crippen LogP contribution in [0.1, 0.15) is 85.0 Å². The van der Waals surface area contributed by atoms with Crippen LogP contribution in [-0.2, 0) is 4.79 Å². The van der Waals surface area contributed by atoms with E-state index in [1.165, 1.54) is 51.4 Å². The summed E-state index contributed by atoms with van der Waals surface area (Å²) < 4.78 is 0. The minimum atomic E-state index is 0.302. The van der Waals surface area contributed by atoms with E-state index in [-0.39, 0.29) is 0 Å². The lowest BCUT2D eigenvalue weighted by Crippen LogP contribution is -2.63. The molecule has 26 heavy (non-hydrogen) atoms. The molecule has 5 rings (SSSR count). The summed E-state index contributed by atoms with van der Waals surface area (Å²) >= 11 is 0. The zero-order valence-corrected chi connectivity index (χ0v) is 17.0. The average molecular weight is 359 g/mol. The van der Waals surface area contributed by atoms with E-state index in [0.29, 0.717) is 22.8 Å². The second-order valence-corrected chi connectivity index (χ2v) is 10.9. The number of carbonyl (C=O) groups is 1. The van der Waals surface area contributed by atoms with Crippen molar-refractivity contribution in [3.05, 3.63) is 0 Å². The van der Waals surface area contributed by atoms with Gasteiger partial charge in [-0.1, -0.05) is 27.2 Å². The van der Waals surface area contributed by atoms with Gasteiger partial charge in [0, 0.05) is 24.5 Å². The molecule has 0 unspecified atom stereocenters. The van der Waals surface area contributed by atoms with Gasteiger partial charge in [0.25, 0.3) is 0 Å². The van der Waals surface area contributed by atoms with Crippen LogP contribution in [0.3, 0.4) is 0 Å². The Bertz CT molecular complexity index is 587. The van der Waals surface area contributed by atoms with Crippen LogP contribution >= 0.6 is 0 Å². The summed E-state index contributed by atoms with van der Waals surface area (Å²) in [6.07, 6.45) is 12.8. The molecule has 1 heterocycles. The molecule has 0 radical (unpaired) electrons. The maximum absolute atomic E-state index is 12.1. The molecule has 0 bridgehead atoms. The van der Waals surface area contributed by atoms with E-state index in [4.69, 9.17) is 0 Å². The van der Waals surface area contributed by atoms with E-state index < -0.39 is 0 Å². The SMILES string of the molecule is CC[C@H]1C[C@H]2NC(=O)CC[C@]2(C)[C@H]2CC[C@]3(C)[C@@H](NC4CC4)CC[C@H]3[C@H]12. The fraction of sp³-hybridized carbons (Fsp3) is 0.957. The molecule has 4 aliphatic carbocycles. The molecule has 5 fully saturated rings. The van der Waals surface area contributed by atoms with Gasteiger partial charge in [-0.15, -0.1) is 0 Å². The van der Waals surface area contributed by atoms with Gasteiger partial charge in [-0.3, -0.25) is 4.79 Å². The highest BCUT2D eigenvalue weighted by molar-refractivity contribution is 5.77. The van der Waals surface area contributed by atoms with E-state index in [1.807, 2.05) is 0 Å². The first-order valence-corrected chi connectivity index (χ1v) is 11.5. The quantitative estimate of drug-likeness (QED) is 0.791. The third kappa shape index (κ3) is 2.45. The van der Waals surface area contributed by atoms with Crippen LogP contribution < -0.4 is 10.6 Å². The Morgan fingerprint density at radius 2 is 1.81 bits per heavy atom. The van der Waals surface area contributed by atoms with Crippen molar-refractivity contribution in [3.8, 4) is 0 Å². The average Bonchev–Trinajstić information content (AvgIpc) is 3.37. The van der Waals surface area contributed by atoms with E-state index in [0.717, 1.165) is 48.6 Å². The lowest BCUT2D eigenvalue weighted by Gasteiger charge is -2.62. The highest BCUT2D eigenvalue weighted by Gasteiger charge is 2.62. The molecule has 3 nitrogen and oxygen atoms in total. The molecule has 0 aromatic heterocycles. The standard InChI is InChI=1S/C23H38N2O/c1-4-14-13-19-23(3,12-10-20(26)25-19)17-9-11-22(2)16(21(14)17)7-8-18(22)24-15-5-6-15/h14-19,21,24H,4-13H2,1-3H3,(H,25,26)/t14-,16-,17-,18-,19+,21-,22-,23+/m0/s1. The van der Waals surface area contributed by atoms with Crippen LogP contribution in [-0.4, -0.2) is 24.0 Å². The van der Waals surface area contributed by atoms with Crippen molar-refractivity contribution >= 4 is 5.91 Å². The highest BCUT2D eigenvalue weighted by Crippen LogP contribution is 2.65. The van der Waals surface area contributed by atoms with Gasteiger partial charge in [0.15, 0.2) is 0 Å². The summed E-state index contributed by atoms with van der Waals surface area (Å²) in [7, 11) is 0. The number of rotatable bonds is 3. The zero-order chi connectivity index (χ0) is 18.1. The van der Waals surface area contributed by atoms with Crippen LogP contribution in [0.2, 0.25) is 0 Å². The molecular formula is C23H38N2O. The Balaban J connectivity index is 1.45. The number of hydrogen-bond acceptors (Lipinski definition) is 2. The summed E-state index contributed by atoms with van der Waals surface area (Å²) in [6.45, 7) is 7.55. The van der Waals surface area contributed by atoms with E-state index in [1.54, 1.807) is 0 Å². The van der Waals surface area contributed by atoms with Crippen LogP contribution in [0.15, 0.2) is 0 Å². The van der Waals surface area contributed by atoms with Crippen molar-refractivity contribution < 1.29 is 4.79 Å². The normalized spacial score (nSPS) is 53.4. The Kier molecular flexibility index (Phi) is 4.02. The number of carbonyl (C=O) groups excluding carboxylic acids is 1. The molecule has 5 aliphatic rings. The largest absolute Gasteiger partial charge is 0.353 e. The van der Waals surface area contributed by atoms with Gasteiger partial charge < -0.3 is 10.6 Å². The van der Waals surface area contributed by atoms with Crippen molar-refractivity contribution in [2.75, 3.05) is 0 Å². The van der Waals surface area contributed by atoms with Gasteiger partial charge in [0.05, 0.1) is 0 Å². The number of hydrogen-bond donors (Lipinski definition) is 2. The second kappa shape index (κ2) is 5.96. The third-order valence-electron chi connectivity index (χ3n) is 9.82. The maximum atomic E-state index is 12.1. The van der Waals surface area contributed by atoms with Gasteiger partial charge in [-0.25, -0.2) is 0 Å². The van der Waals surface area contributed by atoms with Crippen LogP contribution in [0, 0.1) is 34.5 Å². The monoisotopic (exact) mass is 358 g/mol. The molecule has 1 saturated heterocycles. The highest BCUT2D eigenvalue weighted by atomic mass is 16.1. The summed E-state index contributed by atoms with van der Waals surface area (Å²) in [6, 6.07) is 2.02. The molecule has 146 valence electrons. The first kappa shape index (κ1) is 17.5. The summed E-state index contributed by atoms with van der Waals surface area (Å²) in [5.74, 6) is 3.72. The first-order valence-electron chi connectivity index (χ1n) is 11.5. The molecule has 1 amide bonds. The van der Waals surface area contributed by atoms with Crippen molar-refractivity contribution in [3.63, 3.8) is 0 Å². The van der Waals surface area contributed by atoms with Gasteiger partial charge in [-0.2, -0.15) is 0 Å². The lowest BCUT2D eigenvalue weighted by atomic mass is 9.45. The van der Waals surface area contributed by atoms with Crippen molar-refractivity contribution in [1.29, 1.82) is 0 Å². The summed E-state index contributed by atoms with van der Waals surface area (Å²) in [5, 5.41) is 7.45. The number of piperidine rings is 1. The van der Waals surface area contributed by atoms with Crippen molar-refractivity contribution in [2.45, 2.75) is 103 Å². The molecule has 0 aromatic rings. The molecule has 8 atom stereocenters. The Morgan fingerprint density at radius 3 is 2.54 bits per heavy atom. The smallest absolute Gasteiger partial charge is 0.220 e. The van der Waals surface area contributed by atoms with Crippen molar-refractivity contribution in [2.24, 2.45) is 34.5 Å². The van der Waals surface area contributed by atoms with Gasteiger partial charge in [0.1, 0.15) is 0 Å². The molecule has 3 heteroatoms. The van der Waals surface area contributed by atoms with E-state index >= 15 is 0 Å². The van der Waals surface area contributed by atoms with Gasteiger partial charge >= 0.3 is 0 Å². The molecule has 4 saturated carbocycles. The fourth-order valence-corrected chi connectivity index (χ4v) is 8.09. The van der Waals surface area contributed by atoms with Gasteiger partial charge in [-0.05, 0) is 85.9 Å². The number of amides is 1. The third-order valence-corrected chi connectivity index (χ3v) is 9.82. The maximum Gasteiger partial charge on any atom is 0.220 e. The van der Waals surface area contributed by atoms with Crippen LogP contribution in [0.4, 0.5) is 0 Å². The number of nitrogens with one attached hydrogen (secondary N) is 2. The minimum Gasteiger partial charge on any atom is -0.353 e. The second-order valence-electron chi connectivity index (χ2n) is 10.9. The summed E-state index contributed by atoms with van der Waals surface area (Å²) in [4.78, 5) is 12.1. The lowest BCUT2D eigenvalue weighted by molar-refractivity contribution is -0.144. The molecule has 0 spiro atoms. The Hall–Kier alpha value is -0.570. The fourth-order valence-electron chi connectivity index (χ4n) is 8.09. The molecule has 2 N–H and O–H groups in total. The van der Waals surface area contributed by atoms with Crippen LogP contribution in [0.25, 0.3) is 0 Å². The first-order chi connectivity index (χ1) is 12.5. The van der Waals surface area contributed by atoms with E-state index in [9.17, 15) is 4.79 Å². The predicted molar refractivity (Wildman–Crippen MR) is 105 cm³/mol. The predicted octanol–water partition coefficient (Wildman–Crippen LogP) is 4.26.